The van der Waals surface area contributed by atoms with E-state index in [2.05, 4.69) is 24.1 Å². The van der Waals surface area contributed by atoms with E-state index in [1.165, 1.54) is 12.8 Å². The number of phenolic OH excluding ortho intramolecular Hbond substituents is 1. The van der Waals surface area contributed by atoms with Gasteiger partial charge in [0.05, 0.1) is 0 Å². The Morgan fingerprint density at radius 2 is 2.25 bits per heavy atom. The van der Waals surface area contributed by atoms with Crippen LogP contribution >= 0.6 is 11.6 Å². The maximum Gasteiger partial charge on any atom is 0.120 e. The minimum absolute atomic E-state index is 0.336. The van der Waals surface area contributed by atoms with Gasteiger partial charge in [-0.15, -0.1) is 0 Å². The van der Waals surface area contributed by atoms with Gasteiger partial charge in [-0.05, 0) is 43.5 Å². The first-order valence-electron chi connectivity index (χ1n) is 7.47. The highest BCUT2D eigenvalue weighted by atomic mass is 35.5. The van der Waals surface area contributed by atoms with Crippen molar-refractivity contribution in [3.8, 4) is 5.75 Å². The molecule has 1 aromatic carbocycles. The van der Waals surface area contributed by atoms with Gasteiger partial charge in [0.1, 0.15) is 5.75 Å². The highest BCUT2D eigenvalue weighted by molar-refractivity contribution is 6.30. The van der Waals surface area contributed by atoms with E-state index in [0.29, 0.717) is 22.7 Å². The summed E-state index contributed by atoms with van der Waals surface area (Å²) >= 11 is 6.03. The largest absolute Gasteiger partial charge is 0.508 e. The van der Waals surface area contributed by atoms with Gasteiger partial charge in [-0.3, -0.25) is 4.90 Å². The van der Waals surface area contributed by atoms with Crippen molar-refractivity contribution >= 4 is 11.6 Å². The van der Waals surface area contributed by atoms with Crippen molar-refractivity contribution < 1.29 is 5.11 Å². The number of hydrogen-bond donors (Lipinski definition) is 2. The number of benzene rings is 1. The summed E-state index contributed by atoms with van der Waals surface area (Å²) in [6.45, 7) is 8.40. The predicted molar refractivity (Wildman–Crippen MR) is 84.3 cm³/mol. The Morgan fingerprint density at radius 1 is 1.45 bits per heavy atom. The zero-order valence-corrected chi connectivity index (χ0v) is 13.2. The van der Waals surface area contributed by atoms with Crippen LogP contribution < -0.4 is 5.32 Å². The number of rotatable bonds is 6. The third-order valence-corrected chi connectivity index (χ3v) is 3.93. The minimum atomic E-state index is 0.336. The van der Waals surface area contributed by atoms with Gasteiger partial charge < -0.3 is 10.4 Å². The van der Waals surface area contributed by atoms with Gasteiger partial charge in [0, 0.05) is 36.3 Å². The molecule has 20 heavy (non-hydrogen) atoms. The first kappa shape index (κ1) is 15.6. The van der Waals surface area contributed by atoms with Gasteiger partial charge in [0.2, 0.25) is 0 Å². The molecule has 2 rings (SSSR count). The molecule has 4 heteroatoms. The standard InChI is InChI=1S/C16H25ClN2O/c1-12(2)9-19(11-15-4-3-7-18-15)10-13-8-14(17)5-6-16(13)20/h5-6,8,12,15,18,20H,3-4,7,9-11H2,1-2H3. The molecule has 1 aliphatic rings. The molecule has 0 saturated carbocycles. The Balaban J connectivity index is 2.03. The van der Waals surface area contributed by atoms with E-state index in [-0.39, 0.29) is 0 Å². The minimum Gasteiger partial charge on any atom is -0.508 e. The van der Waals surface area contributed by atoms with E-state index >= 15 is 0 Å². The zero-order chi connectivity index (χ0) is 14.5. The van der Waals surface area contributed by atoms with Crippen LogP contribution in [0.2, 0.25) is 5.02 Å². The molecule has 1 atom stereocenters. The lowest BCUT2D eigenvalue weighted by Gasteiger charge is -2.27. The van der Waals surface area contributed by atoms with E-state index < -0.39 is 0 Å². The molecule has 1 aromatic rings. The summed E-state index contributed by atoms with van der Waals surface area (Å²) in [4.78, 5) is 2.42. The smallest absolute Gasteiger partial charge is 0.120 e. The van der Waals surface area contributed by atoms with Gasteiger partial charge in [0.25, 0.3) is 0 Å². The summed E-state index contributed by atoms with van der Waals surface area (Å²) in [6.07, 6.45) is 2.51. The van der Waals surface area contributed by atoms with Crippen LogP contribution in [0.3, 0.4) is 0 Å². The van der Waals surface area contributed by atoms with Gasteiger partial charge in [-0.25, -0.2) is 0 Å². The van der Waals surface area contributed by atoms with Crippen LogP contribution in [0.1, 0.15) is 32.3 Å². The van der Waals surface area contributed by atoms with Crippen LogP contribution in [-0.4, -0.2) is 35.7 Å². The molecule has 3 nitrogen and oxygen atoms in total. The molecule has 1 fully saturated rings. The zero-order valence-electron chi connectivity index (χ0n) is 12.4. The fraction of sp³-hybridized carbons (Fsp3) is 0.625. The molecule has 0 amide bonds. The van der Waals surface area contributed by atoms with Crippen molar-refractivity contribution in [3.05, 3.63) is 28.8 Å². The van der Waals surface area contributed by atoms with E-state index in [9.17, 15) is 5.11 Å². The van der Waals surface area contributed by atoms with Crippen molar-refractivity contribution in [2.24, 2.45) is 5.92 Å². The van der Waals surface area contributed by atoms with Crippen LogP contribution in [-0.2, 0) is 6.54 Å². The molecule has 0 aromatic heterocycles. The fourth-order valence-corrected chi connectivity index (χ4v) is 3.06. The molecule has 112 valence electrons. The normalized spacial score (nSPS) is 19.1. The third-order valence-electron chi connectivity index (χ3n) is 3.70. The molecular weight excluding hydrogens is 272 g/mol. The first-order chi connectivity index (χ1) is 9.54. The molecule has 0 spiro atoms. The summed E-state index contributed by atoms with van der Waals surface area (Å²) in [6, 6.07) is 5.85. The van der Waals surface area contributed by atoms with Crippen LogP contribution in [0, 0.1) is 5.92 Å². The molecule has 1 saturated heterocycles. The van der Waals surface area contributed by atoms with Gasteiger partial charge in [-0.2, -0.15) is 0 Å². The number of halogens is 1. The lowest BCUT2D eigenvalue weighted by molar-refractivity contribution is 0.214. The quantitative estimate of drug-likeness (QED) is 0.846. The number of nitrogens with one attached hydrogen (secondary N) is 1. The van der Waals surface area contributed by atoms with E-state index in [1.54, 1.807) is 12.1 Å². The molecule has 1 unspecified atom stereocenters. The topological polar surface area (TPSA) is 35.5 Å². The Bertz CT molecular complexity index is 430. The van der Waals surface area contributed by atoms with Gasteiger partial charge in [0.15, 0.2) is 0 Å². The number of hydrogen-bond acceptors (Lipinski definition) is 3. The molecule has 0 aliphatic carbocycles. The molecule has 0 radical (unpaired) electrons. The monoisotopic (exact) mass is 296 g/mol. The summed E-state index contributed by atoms with van der Waals surface area (Å²) in [5, 5.41) is 14.2. The lowest BCUT2D eigenvalue weighted by atomic mass is 10.1. The highest BCUT2D eigenvalue weighted by Gasteiger charge is 2.19. The van der Waals surface area contributed by atoms with Crippen molar-refractivity contribution in [1.82, 2.24) is 10.2 Å². The van der Waals surface area contributed by atoms with E-state index in [4.69, 9.17) is 11.6 Å². The summed E-state index contributed by atoms with van der Waals surface area (Å²) in [5.41, 5.74) is 0.913. The second-order valence-corrected chi connectivity index (χ2v) is 6.59. The van der Waals surface area contributed by atoms with Crippen molar-refractivity contribution in [2.75, 3.05) is 19.6 Å². The summed E-state index contributed by atoms with van der Waals surface area (Å²) in [7, 11) is 0. The Hall–Kier alpha value is -0.770. The molecule has 2 N–H and O–H groups in total. The number of nitrogens with zero attached hydrogens (tertiary/aromatic N) is 1. The van der Waals surface area contributed by atoms with Gasteiger partial charge >= 0.3 is 0 Å². The van der Waals surface area contributed by atoms with Crippen LogP contribution in [0.4, 0.5) is 0 Å². The number of phenols is 1. The van der Waals surface area contributed by atoms with Crippen molar-refractivity contribution in [3.63, 3.8) is 0 Å². The third kappa shape index (κ3) is 4.65. The Morgan fingerprint density at radius 3 is 2.90 bits per heavy atom. The van der Waals surface area contributed by atoms with Crippen molar-refractivity contribution in [1.29, 1.82) is 0 Å². The van der Waals surface area contributed by atoms with Crippen LogP contribution in [0.25, 0.3) is 0 Å². The lowest BCUT2D eigenvalue weighted by Crippen LogP contribution is -2.39. The average Bonchev–Trinajstić information content (AvgIpc) is 2.86. The second kappa shape index (κ2) is 7.30. The molecular formula is C16H25ClN2O. The SMILES string of the molecule is CC(C)CN(Cc1cc(Cl)ccc1O)CC1CCCN1. The first-order valence-corrected chi connectivity index (χ1v) is 7.85. The van der Waals surface area contributed by atoms with E-state index in [0.717, 1.165) is 31.7 Å². The fourth-order valence-electron chi connectivity index (χ4n) is 2.87. The number of aromatic hydroxyl groups is 1. The van der Waals surface area contributed by atoms with Crippen LogP contribution in [0.15, 0.2) is 18.2 Å². The Kier molecular flexibility index (Phi) is 5.70. The average molecular weight is 297 g/mol. The van der Waals surface area contributed by atoms with Gasteiger partial charge in [-0.1, -0.05) is 25.4 Å². The summed E-state index contributed by atoms with van der Waals surface area (Å²) in [5.74, 6) is 0.945. The van der Waals surface area contributed by atoms with E-state index in [1.807, 2.05) is 6.07 Å². The predicted octanol–water partition coefficient (Wildman–Crippen LogP) is 3.26. The highest BCUT2D eigenvalue weighted by Crippen LogP contribution is 2.23. The Labute approximate surface area is 126 Å². The summed E-state index contributed by atoms with van der Waals surface area (Å²) < 4.78 is 0. The second-order valence-electron chi connectivity index (χ2n) is 6.15. The maximum atomic E-state index is 9.98. The molecule has 1 heterocycles. The van der Waals surface area contributed by atoms with Crippen molar-refractivity contribution in [2.45, 2.75) is 39.3 Å². The molecule has 0 bridgehead atoms. The molecule has 1 aliphatic heterocycles. The van der Waals surface area contributed by atoms with Crippen LogP contribution in [0.5, 0.6) is 5.75 Å². The maximum absolute atomic E-state index is 9.98.